The molecule has 0 aliphatic rings. The Morgan fingerprint density at radius 2 is 1.55 bits per heavy atom. The molecule has 0 aliphatic carbocycles. The van der Waals surface area contributed by atoms with Crippen LogP contribution in [0.5, 0.6) is 0 Å². The van der Waals surface area contributed by atoms with Crippen LogP contribution in [0.15, 0.2) is 0 Å². The standard InChI is InChI=1S/C11H18O7S2/c12-2-3-16-9(13)1-6-20-8-11(15)18-5-4-17-10(14)7-19/h12,19H,1-8H2. The highest BCUT2D eigenvalue weighted by Gasteiger charge is 2.06. The van der Waals surface area contributed by atoms with Crippen molar-refractivity contribution in [3.05, 3.63) is 0 Å². The van der Waals surface area contributed by atoms with E-state index >= 15 is 0 Å². The predicted octanol–water partition coefficient (Wildman–Crippen LogP) is -0.339. The number of aliphatic hydroxyl groups is 1. The van der Waals surface area contributed by atoms with Crippen molar-refractivity contribution in [2.45, 2.75) is 6.42 Å². The first kappa shape index (κ1) is 19.1. The molecule has 0 radical (unpaired) electrons. The number of hydrogen-bond acceptors (Lipinski definition) is 9. The van der Waals surface area contributed by atoms with E-state index in [2.05, 4.69) is 22.1 Å². The molecule has 20 heavy (non-hydrogen) atoms. The molecular formula is C11H18O7S2. The largest absolute Gasteiger partial charge is 0.463 e. The number of aliphatic hydroxyl groups excluding tert-OH is 1. The van der Waals surface area contributed by atoms with Gasteiger partial charge in [-0.1, -0.05) is 0 Å². The number of thiol groups is 1. The highest BCUT2D eigenvalue weighted by atomic mass is 32.2. The van der Waals surface area contributed by atoms with Gasteiger partial charge in [0.2, 0.25) is 0 Å². The lowest BCUT2D eigenvalue weighted by atomic mass is 10.5. The van der Waals surface area contributed by atoms with Gasteiger partial charge in [-0.2, -0.15) is 12.6 Å². The van der Waals surface area contributed by atoms with Crippen molar-refractivity contribution in [3.63, 3.8) is 0 Å². The van der Waals surface area contributed by atoms with Crippen molar-refractivity contribution in [1.82, 2.24) is 0 Å². The van der Waals surface area contributed by atoms with Gasteiger partial charge in [0.1, 0.15) is 19.8 Å². The fourth-order valence-electron chi connectivity index (χ4n) is 0.941. The zero-order chi connectivity index (χ0) is 15.2. The summed E-state index contributed by atoms with van der Waals surface area (Å²) < 4.78 is 14.1. The van der Waals surface area contributed by atoms with Crippen LogP contribution < -0.4 is 0 Å². The van der Waals surface area contributed by atoms with E-state index in [9.17, 15) is 14.4 Å². The Hall–Kier alpha value is -0.930. The van der Waals surface area contributed by atoms with Crippen LogP contribution in [0.4, 0.5) is 0 Å². The number of hydrogen-bond donors (Lipinski definition) is 2. The Labute approximate surface area is 126 Å². The van der Waals surface area contributed by atoms with Gasteiger partial charge in [0, 0.05) is 5.75 Å². The van der Waals surface area contributed by atoms with Crippen LogP contribution in [0, 0.1) is 0 Å². The molecule has 0 amide bonds. The van der Waals surface area contributed by atoms with E-state index in [0.717, 1.165) is 0 Å². The van der Waals surface area contributed by atoms with Gasteiger partial charge in [-0.05, 0) is 0 Å². The lowest BCUT2D eigenvalue weighted by Crippen LogP contribution is -2.16. The highest BCUT2D eigenvalue weighted by molar-refractivity contribution is 7.99. The van der Waals surface area contributed by atoms with Crippen LogP contribution in [0.3, 0.4) is 0 Å². The van der Waals surface area contributed by atoms with Gasteiger partial charge in [-0.3, -0.25) is 14.4 Å². The number of ether oxygens (including phenoxy) is 3. The van der Waals surface area contributed by atoms with E-state index in [1.807, 2.05) is 0 Å². The fraction of sp³-hybridized carbons (Fsp3) is 0.727. The normalized spacial score (nSPS) is 9.90. The summed E-state index contributed by atoms with van der Waals surface area (Å²) in [5.74, 6) is -0.822. The number of esters is 3. The third-order valence-electron chi connectivity index (χ3n) is 1.76. The van der Waals surface area contributed by atoms with Crippen LogP contribution in [-0.4, -0.2) is 66.7 Å². The molecule has 0 unspecified atom stereocenters. The Morgan fingerprint density at radius 3 is 2.15 bits per heavy atom. The van der Waals surface area contributed by atoms with Crippen molar-refractivity contribution in [2.24, 2.45) is 0 Å². The van der Waals surface area contributed by atoms with Crippen molar-refractivity contribution in [3.8, 4) is 0 Å². The molecule has 116 valence electrons. The van der Waals surface area contributed by atoms with Gasteiger partial charge in [-0.25, -0.2) is 0 Å². The first-order valence-electron chi connectivity index (χ1n) is 5.86. The van der Waals surface area contributed by atoms with Crippen LogP contribution in [-0.2, 0) is 28.6 Å². The molecule has 0 atom stereocenters. The molecule has 0 heterocycles. The molecular weight excluding hydrogens is 308 g/mol. The van der Waals surface area contributed by atoms with Gasteiger partial charge in [0.05, 0.1) is 24.5 Å². The third-order valence-corrected chi connectivity index (χ3v) is 2.95. The highest BCUT2D eigenvalue weighted by Crippen LogP contribution is 2.04. The lowest BCUT2D eigenvalue weighted by molar-refractivity contribution is -0.148. The molecule has 7 nitrogen and oxygen atoms in total. The Kier molecular flexibility index (Phi) is 12.5. The molecule has 0 fully saturated rings. The van der Waals surface area contributed by atoms with E-state index in [1.165, 1.54) is 11.8 Å². The molecule has 0 bridgehead atoms. The van der Waals surface area contributed by atoms with E-state index in [0.29, 0.717) is 5.75 Å². The minimum absolute atomic E-state index is 0.00253. The van der Waals surface area contributed by atoms with E-state index in [-0.39, 0.29) is 44.4 Å². The average molecular weight is 326 g/mol. The molecule has 1 N–H and O–H groups in total. The van der Waals surface area contributed by atoms with Crippen molar-refractivity contribution in [2.75, 3.05) is 43.7 Å². The van der Waals surface area contributed by atoms with Crippen LogP contribution >= 0.6 is 24.4 Å². The second kappa shape index (κ2) is 13.1. The second-order valence-corrected chi connectivity index (χ2v) is 4.77. The number of thioether (sulfide) groups is 1. The minimum Gasteiger partial charge on any atom is -0.463 e. The van der Waals surface area contributed by atoms with Gasteiger partial charge < -0.3 is 19.3 Å². The maximum absolute atomic E-state index is 11.2. The monoisotopic (exact) mass is 326 g/mol. The summed E-state index contributed by atoms with van der Waals surface area (Å²) >= 11 is 4.95. The molecule has 0 aromatic heterocycles. The van der Waals surface area contributed by atoms with E-state index in [4.69, 9.17) is 9.84 Å². The first-order valence-corrected chi connectivity index (χ1v) is 7.65. The number of carbonyl (C=O) groups excluding carboxylic acids is 3. The molecule has 0 aliphatic heterocycles. The van der Waals surface area contributed by atoms with Gasteiger partial charge in [0.25, 0.3) is 0 Å². The van der Waals surface area contributed by atoms with E-state index in [1.54, 1.807) is 0 Å². The van der Waals surface area contributed by atoms with Crippen molar-refractivity contribution >= 4 is 42.3 Å². The van der Waals surface area contributed by atoms with Gasteiger partial charge >= 0.3 is 17.9 Å². The summed E-state index contributed by atoms with van der Waals surface area (Å²) in [6.45, 7) is -0.222. The van der Waals surface area contributed by atoms with E-state index < -0.39 is 17.9 Å². The smallest absolute Gasteiger partial charge is 0.316 e. The van der Waals surface area contributed by atoms with Gasteiger partial charge in [-0.15, -0.1) is 11.8 Å². The Bertz CT molecular complexity index is 309. The maximum atomic E-state index is 11.2. The molecule has 0 aromatic carbocycles. The van der Waals surface area contributed by atoms with Crippen molar-refractivity contribution in [1.29, 1.82) is 0 Å². The molecule has 0 spiro atoms. The quantitative estimate of drug-likeness (QED) is 0.230. The fourth-order valence-corrected chi connectivity index (χ4v) is 1.74. The minimum atomic E-state index is -0.472. The van der Waals surface area contributed by atoms with Crippen LogP contribution in [0.1, 0.15) is 6.42 Å². The Balaban J connectivity index is 3.41. The lowest BCUT2D eigenvalue weighted by Gasteiger charge is -2.05. The van der Waals surface area contributed by atoms with Crippen molar-refractivity contribution < 1.29 is 33.7 Å². The summed E-state index contributed by atoms with van der Waals surface area (Å²) in [5.41, 5.74) is 0. The maximum Gasteiger partial charge on any atom is 0.316 e. The summed E-state index contributed by atoms with van der Waals surface area (Å²) in [6, 6.07) is 0. The molecule has 0 aromatic rings. The van der Waals surface area contributed by atoms with Gasteiger partial charge in [0.15, 0.2) is 0 Å². The molecule has 9 heteroatoms. The summed E-state index contributed by atoms with van der Waals surface area (Å²) in [4.78, 5) is 33.0. The average Bonchev–Trinajstić information content (AvgIpc) is 2.45. The predicted molar refractivity (Wildman–Crippen MR) is 75.8 cm³/mol. The van der Waals surface area contributed by atoms with Crippen LogP contribution in [0.25, 0.3) is 0 Å². The molecule has 0 saturated carbocycles. The third kappa shape index (κ3) is 12.1. The molecule has 0 saturated heterocycles. The van der Waals surface area contributed by atoms with Crippen LogP contribution in [0.2, 0.25) is 0 Å². The number of rotatable bonds is 11. The SMILES string of the molecule is O=C(CS)OCCOC(=O)CSCCC(=O)OCCO. The zero-order valence-electron chi connectivity index (χ0n) is 10.9. The first-order chi connectivity index (χ1) is 9.60. The summed E-state index contributed by atoms with van der Waals surface area (Å²) in [6.07, 6.45) is 0.164. The number of carbonyl (C=O) groups is 3. The summed E-state index contributed by atoms with van der Waals surface area (Å²) in [7, 11) is 0. The molecule has 0 rings (SSSR count). The Morgan fingerprint density at radius 1 is 0.950 bits per heavy atom. The zero-order valence-corrected chi connectivity index (χ0v) is 12.6. The second-order valence-electron chi connectivity index (χ2n) is 3.35. The summed E-state index contributed by atoms with van der Waals surface area (Å²) in [5, 5.41) is 8.43. The topological polar surface area (TPSA) is 99.1 Å².